The first kappa shape index (κ1) is 15.1. The first-order valence-electron chi connectivity index (χ1n) is 5.32. The molecule has 0 heterocycles. The lowest BCUT2D eigenvalue weighted by atomic mass is 10.2. The van der Waals surface area contributed by atoms with E-state index in [1.807, 2.05) is 0 Å². The van der Waals surface area contributed by atoms with E-state index in [9.17, 15) is 4.79 Å². The number of carboxylic acid groups (broad SMARTS) is 1. The molecule has 0 saturated heterocycles. The average molecular weight is 272 g/mol. The molecule has 0 aliphatic heterocycles. The highest BCUT2D eigenvalue weighted by molar-refractivity contribution is 5.89. The Labute approximate surface area is 110 Å². The molecule has 0 aliphatic carbocycles. The topological polar surface area (TPSA) is 83.5 Å². The molecule has 0 saturated carbocycles. The number of hydrogen-bond donors (Lipinski definition) is 1. The van der Waals surface area contributed by atoms with Crippen molar-refractivity contribution in [3.63, 3.8) is 0 Å². The molecule has 0 radical (unpaired) electrons. The number of carbonyl (C=O) groups is 1. The van der Waals surface area contributed by atoms with Gasteiger partial charge in [-0.15, -0.1) is 0 Å². The van der Waals surface area contributed by atoms with Gasteiger partial charge in [0.05, 0.1) is 12.7 Å². The van der Waals surface area contributed by atoms with Crippen LogP contribution in [0.25, 0.3) is 0 Å². The minimum atomic E-state index is -1.10. The van der Waals surface area contributed by atoms with Gasteiger partial charge in [0.1, 0.15) is 0 Å². The molecule has 0 atom stereocenters. The van der Waals surface area contributed by atoms with Gasteiger partial charge >= 0.3 is 5.97 Å². The predicted octanol–water partition coefficient (Wildman–Crippen LogP) is 1.36. The number of hydrogen-bond acceptors (Lipinski definition) is 6. The number of methoxy groups -OCH3 is 3. The van der Waals surface area contributed by atoms with Crippen LogP contribution in [-0.2, 0) is 9.47 Å². The highest BCUT2D eigenvalue weighted by atomic mass is 16.7. The second-order valence-corrected chi connectivity index (χ2v) is 3.41. The molecule has 1 aromatic carbocycles. The van der Waals surface area contributed by atoms with Gasteiger partial charge in [-0.2, -0.15) is 0 Å². The van der Waals surface area contributed by atoms with Gasteiger partial charge in [0.25, 0.3) is 0 Å². The van der Waals surface area contributed by atoms with Gasteiger partial charge in [-0.1, -0.05) is 0 Å². The van der Waals surface area contributed by atoms with Crippen molar-refractivity contribution in [1.29, 1.82) is 0 Å². The van der Waals surface area contributed by atoms with E-state index >= 15 is 0 Å². The molecule has 106 valence electrons. The Morgan fingerprint density at radius 2 is 1.53 bits per heavy atom. The van der Waals surface area contributed by atoms with Crippen LogP contribution < -0.4 is 14.2 Å². The van der Waals surface area contributed by atoms with Gasteiger partial charge < -0.3 is 28.8 Å². The van der Waals surface area contributed by atoms with Crippen molar-refractivity contribution in [2.24, 2.45) is 0 Å². The highest BCUT2D eigenvalue weighted by Crippen LogP contribution is 2.38. The quantitative estimate of drug-likeness (QED) is 0.715. The van der Waals surface area contributed by atoms with E-state index in [2.05, 4.69) is 0 Å². The van der Waals surface area contributed by atoms with Crippen LogP contribution in [0.1, 0.15) is 10.4 Å². The fourth-order valence-electron chi connectivity index (χ4n) is 1.36. The molecule has 1 N–H and O–H groups in total. The van der Waals surface area contributed by atoms with Gasteiger partial charge in [0.2, 0.25) is 5.75 Å². The fourth-order valence-corrected chi connectivity index (χ4v) is 1.36. The lowest BCUT2D eigenvalue weighted by Gasteiger charge is -2.15. The van der Waals surface area contributed by atoms with E-state index in [0.717, 1.165) is 0 Å². The van der Waals surface area contributed by atoms with Crippen LogP contribution in [-0.4, -0.2) is 46.0 Å². The summed E-state index contributed by atoms with van der Waals surface area (Å²) in [6.07, 6.45) is 0. The summed E-state index contributed by atoms with van der Waals surface area (Å²) in [5.41, 5.74) is 0.0120. The van der Waals surface area contributed by atoms with E-state index in [0.29, 0.717) is 0 Å². The first-order chi connectivity index (χ1) is 9.13. The Balaban J connectivity index is 3.16. The maximum atomic E-state index is 11.0. The standard InChI is InChI=1S/C12H16O7/c1-15-6-18-9-4-8(12(13)14)5-10(11(9)17-3)19-7-16-2/h4-5H,6-7H2,1-3H3,(H,13,14). The lowest BCUT2D eigenvalue weighted by Crippen LogP contribution is -2.07. The predicted molar refractivity (Wildman–Crippen MR) is 65.0 cm³/mol. The van der Waals surface area contributed by atoms with Crippen LogP contribution in [0.4, 0.5) is 0 Å². The molecule has 1 aromatic rings. The highest BCUT2D eigenvalue weighted by Gasteiger charge is 2.17. The molecule has 0 amide bonds. The van der Waals surface area contributed by atoms with Crippen molar-refractivity contribution in [3.8, 4) is 17.2 Å². The van der Waals surface area contributed by atoms with Crippen LogP contribution in [0.15, 0.2) is 12.1 Å². The maximum Gasteiger partial charge on any atom is 0.335 e. The van der Waals surface area contributed by atoms with E-state index in [1.54, 1.807) is 0 Å². The average Bonchev–Trinajstić information content (AvgIpc) is 2.41. The molecule has 0 unspecified atom stereocenters. The van der Waals surface area contributed by atoms with Crippen LogP contribution in [0.5, 0.6) is 17.2 Å². The molecule has 7 nitrogen and oxygen atoms in total. The SMILES string of the molecule is COCOc1cc(C(=O)O)cc(OCOC)c1OC. The van der Waals surface area contributed by atoms with Crippen LogP contribution in [0.2, 0.25) is 0 Å². The molecular formula is C12H16O7. The molecule has 0 spiro atoms. The third-order valence-electron chi connectivity index (χ3n) is 2.14. The van der Waals surface area contributed by atoms with Crippen LogP contribution >= 0.6 is 0 Å². The molecule has 7 heteroatoms. The van der Waals surface area contributed by atoms with Gasteiger partial charge in [-0.3, -0.25) is 0 Å². The second-order valence-electron chi connectivity index (χ2n) is 3.41. The summed E-state index contributed by atoms with van der Waals surface area (Å²) >= 11 is 0. The third-order valence-corrected chi connectivity index (χ3v) is 2.14. The lowest BCUT2D eigenvalue weighted by molar-refractivity contribution is 0.0417. The second kappa shape index (κ2) is 7.45. The van der Waals surface area contributed by atoms with E-state index in [4.69, 9.17) is 28.8 Å². The minimum Gasteiger partial charge on any atom is -0.490 e. The number of benzene rings is 1. The summed E-state index contributed by atoms with van der Waals surface area (Å²) in [5.74, 6) is -0.392. The first-order valence-corrected chi connectivity index (χ1v) is 5.32. The zero-order valence-electron chi connectivity index (χ0n) is 11.0. The summed E-state index contributed by atoms with van der Waals surface area (Å²) < 4.78 is 25.2. The summed E-state index contributed by atoms with van der Waals surface area (Å²) in [4.78, 5) is 11.0. The van der Waals surface area contributed by atoms with Crippen molar-refractivity contribution < 1.29 is 33.6 Å². The van der Waals surface area contributed by atoms with Gasteiger partial charge in [0, 0.05) is 14.2 Å². The summed E-state index contributed by atoms with van der Waals surface area (Å²) in [6, 6.07) is 2.67. The molecule has 19 heavy (non-hydrogen) atoms. The zero-order chi connectivity index (χ0) is 14.3. The van der Waals surface area contributed by atoms with Crippen molar-refractivity contribution in [2.45, 2.75) is 0 Å². The van der Waals surface area contributed by atoms with E-state index in [1.165, 1.54) is 33.5 Å². The molecule has 0 fully saturated rings. The van der Waals surface area contributed by atoms with E-state index in [-0.39, 0.29) is 36.4 Å². The molecule has 0 aromatic heterocycles. The van der Waals surface area contributed by atoms with Crippen LogP contribution in [0, 0.1) is 0 Å². The Morgan fingerprint density at radius 1 is 1.05 bits per heavy atom. The molecular weight excluding hydrogens is 256 g/mol. The van der Waals surface area contributed by atoms with Gasteiger partial charge in [-0.25, -0.2) is 4.79 Å². The summed E-state index contributed by atoms with van der Waals surface area (Å²) in [7, 11) is 4.33. The molecule has 0 bridgehead atoms. The summed E-state index contributed by atoms with van der Waals surface area (Å²) in [6.45, 7) is -0.0771. The summed E-state index contributed by atoms with van der Waals surface area (Å²) in [5, 5.41) is 9.03. The maximum absolute atomic E-state index is 11.0. The largest absolute Gasteiger partial charge is 0.490 e. The Morgan fingerprint density at radius 3 is 1.84 bits per heavy atom. The van der Waals surface area contributed by atoms with Crippen molar-refractivity contribution in [3.05, 3.63) is 17.7 Å². The van der Waals surface area contributed by atoms with Gasteiger partial charge in [-0.05, 0) is 12.1 Å². The van der Waals surface area contributed by atoms with Crippen LogP contribution in [0.3, 0.4) is 0 Å². The smallest absolute Gasteiger partial charge is 0.335 e. The van der Waals surface area contributed by atoms with E-state index < -0.39 is 5.97 Å². The number of rotatable bonds is 8. The monoisotopic (exact) mass is 272 g/mol. The minimum absolute atomic E-state index is 0.0120. The third kappa shape index (κ3) is 4.01. The normalized spacial score (nSPS) is 10.1. The molecule has 0 aliphatic rings. The Bertz CT molecular complexity index is 401. The fraction of sp³-hybridized carbons (Fsp3) is 0.417. The Kier molecular flexibility index (Phi) is 5.91. The number of carboxylic acids is 1. The van der Waals surface area contributed by atoms with Crippen molar-refractivity contribution in [2.75, 3.05) is 34.9 Å². The molecule has 1 rings (SSSR count). The van der Waals surface area contributed by atoms with Gasteiger partial charge in [0.15, 0.2) is 25.1 Å². The zero-order valence-corrected chi connectivity index (χ0v) is 11.0. The van der Waals surface area contributed by atoms with Crippen molar-refractivity contribution in [1.82, 2.24) is 0 Å². The number of ether oxygens (including phenoxy) is 5. The van der Waals surface area contributed by atoms with Crippen molar-refractivity contribution >= 4 is 5.97 Å². The number of aromatic carboxylic acids is 1. The Hall–Kier alpha value is -1.99.